The number of hydrazone groups is 1. The number of para-hydroxylation sites is 3. The molecule has 0 spiro atoms. The molecule has 1 saturated heterocycles. The van der Waals surface area contributed by atoms with E-state index in [1.54, 1.807) is 10.9 Å². The van der Waals surface area contributed by atoms with Gasteiger partial charge in [-0.1, -0.05) is 54.6 Å². The highest BCUT2D eigenvalue weighted by atomic mass is 16.3. The summed E-state index contributed by atoms with van der Waals surface area (Å²) < 4.78 is 7.87. The number of carbonyl (C=O) groups excluding carboxylic acids is 1. The standard InChI is InChI=1S/C31H30N6O2/c38-30(15-16-35-17-19-36(20-18-35)26-10-3-1-4-11-26)33-32-22-25-23-37(27-12-5-2-6-13-27)34-31(25)29-21-24-9-7-8-14-28(24)39-29/h1-14,21-23H,15-20H2,(H,33,38)/b32-22-. The first-order chi connectivity index (χ1) is 19.2. The molecule has 5 aromatic rings. The molecule has 3 aromatic carbocycles. The molecule has 1 aliphatic heterocycles. The van der Waals surface area contributed by atoms with Crippen molar-refractivity contribution in [2.75, 3.05) is 37.6 Å². The third-order valence-corrected chi connectivity index (χ3v) is 6.96. The normalized spacial score (nSPS) is 14.3. The summed E-state index contributed by atoms with van der Waals surface area (Å²) >= 11 is 0. The summed E-state index contributed by atoms with van der Waals surface area (Å²) in [5, 5.41) is 10.0. The summed E-state index contributed by atoms with van der Waals surface area (Å²) in [5.74, 6) is 0.533. The Kier molecular flexibility index (Phi) is 7.18. The number of nitrogens with one attached hydrogen (secondary N) is 1. The lowest BCUT2D eigenvalue weighted by Crippen LogP contribution is -2.47. The zero-order valence-corrected chi connectivity index (χ0v) is 21.6. The number of rotatable bonds is 8. The Morgan fingerprint density at radius 2 is 1.59 bits per heavy atom. The van der Waals surface area contributed by atoms with Crippen LogP contribution in [0, 0.1) is 0 Å². The van der Waals surface area contributed by atoms with Crippen LogP contribution in [-0.2, 0) is 4.79 Å². The van der Waals surface area contributed by atoms with Gasteiger partial charge in [-0.2, -0.15) is 10.2 Å². The van der Waals surface area contributed by atoms with Crippen LogP contribution in [0.4, 0.5) is 5.69 Å². The largest absolute Gasteiger partial charge is 0.454 e. The minimum absolute atomic E-state index is 0.113. The van der Waals surface area contributed by atoms with E-state index in [1.165, 1.54) is 5.69 Å². The fourth-order valence-corrected chi connectivity index (χ4v) is 4.84. The lowest BCUT2D eigenvalue weighted by Gasteiger charge is -2.36. The van der Waals surface area contributed by atoms with Gasteiger partial charge in [-0.25, -0.2) is 10.1 Å². The van der Waals surface area contributed by atoms with E-state index >= 15 is 0 Å². The number of furan rings is 1. The van der Waals surface area contributed by atoms with E-state index in [1.807, 2.05) is 72.9 Å². The highest BCUT2D eigenvalue weighted by molar-refractivity contribution is 5.91. The van der Waals surface area contributed by atoms with Crippen LogP contribution >= 0.6 is 0 Å². The van der Waals surface area contributed by atoms with Crippen LogP contribution in [0.1, 0.15) is 12.0 Å². The number of nitrogens with zero attached hydrogens (tertiary/aromatic N) is 5. The maximum atomic E-state index is 12.6. The van der Waals surface area contributed by atoms with E-state index in [2.05, 4.69) is 44.6 Å². The second-order valence-electron chi connectivity index (χ2n) is 9.57. The highest BCUT2D eigenvalue weighted by Crippen LogP contribution is 2.29. The molecule has 196 valence electrons. The molecule has 8 heteroatoms. The first kappa shape index (κ1) is 24.6. The van der Waals surface area contributed by atoms with Gasteiger partial charge in [0.25, 0.3) is 0 Å². The molecule has 0 unspecified atom stereocenters. The van der Waals surface area contributed by atoms with E-state index in [0.717, 1.165) is 48.4 Å². The Balaban J connectivity index is 1.09. The molecule has 0 atom stereocenters. The van der Waals surface area contributed by atoms with Crippen molar-refractivity contribution in [3.05, 3.63) is 103 Å². The molecule has 1 N–H and O–H groups in total. The third kappa shape index (κ3) is 5.76. The Bertz CT molecular complexity index is 1530. The van der Waals surface area contributed by atoms with E-state index in [9.17, 15) is 4.79 Å². The second-order valence-corrected chi connectivity index (χ2v) is 9.57. The molecule has 8 nitrogen and oxygen atoms in total. The van der Waals surface area contributed by atoms with Gasteiger partial charge in [-0.3, -0.25) is 9.69 Å². The van der Waals surface area contributed by atoms with Crippen molar-refractivity contribution in [3.63, 3.8) is 0 Å². The quantitative estimate of drug-likeness (QED) is 0.232. The number of benzene rings is 3. The molecule has 39 heavy (non-hydrogen) atoms. The molecule has 1 fully saturated rings. The van der Waals surface area contributed by atoms with Gasteiger partial charge in [0.1, 0.15) is 11.3 Å². The van der Waals surface area contributed by atoms with Gasteiger partial charge in [-0.15, -0.1) is 0 Å². The van der Waals surface area contributed by atoms with Crippen LogP contribution in [0.2, 0.25) is 0 Å². The molecule has 2 aromatic heterocycles. The van der Waals surface area contributed by atoms with Crippen molar-refractivity contribution >= 4 is 28.8 Å². The summed E-state index contributed by atoms with van der Waals surface area (Å²) in [7, 11) is 0. The van der Waals surface area contributed by atoms with Crippen LogP contribution < -0.4 is 10.3 Å². The van der Waals surface area contributed by atoms with Crippen LogP contribution in [0.3, 0.4) is 0 Å². The fraction of sp³-hybridized carbons (Fsp3) is 0.194. The first-order valence-corrected chi connectivity index (χ1v) is 13.2. The number of aromatic nitrogens is 2. The van der Waals surface area contributed by atoms with E-state index in [4.69, 9.17) is 9.52 Å². The van der Waals surface area contributed by atoms with E-state index in [-0.39, 0.29) is 5.91 Å². The summed E-state index contributed by atoms with van der Waals surface area (Å²) in [6.45, 7) is 4.50. The average molecular weight is 519 g/mol. The number of carbonyl (C=O) groups is 1. The molecule has 1 amide bonds. The lowest BCUT2D eigenvalue weighted by atomic mass is 10.2. The molecule has 3 heterocycles. The van der Waals surface area contributed by atoms with Gasteiger partial charge in [0.05, 0.1) is 11.9 Å². The van der Waals surface area contributed by atoms with Crippen molar-refractivity contribution in [1.82, 2.24) is 20.1 Å². The van der Waals surface area contributed by atoms with Crippen LogP contribution in [0.25, 0.3) is 28.1 Å². The lowest BCUT2D eigenvalue weighted by molar-refractivity contribution is -0.121. The predicted molar refractivity (Wildman–Crippen MR) is 154 cm³/mol. The number of anilines is 1. The van der Waals surface area contributed by atoms with Crippen molar-refractivity contribution in [3.8, 4) is 17.1 Å². The Hall–Kier alpha value is -4.69. The van der Waals surface area contributed by atoms with Gasteiger partial charge < -0.3 is 9.32 Å². The highest BCUT2D eigenvalue weighted by Gasteiger charge is 2.18. The Labute approximate surface area is 227 Å². The monoisotopic (exact) mass is 518 g/mol. The minimum atomic E-state index is -0.113. The van der Waals surface area contributed by atoms with Gasteiger partial charge in [0, 0.05) is 62.0 Å². The zero-order valence-electron chi connectivity index (χ0n) is 21.6. The van der Waals surface area contributed by atoms with Crippen molar-refractivity contribution in [1.29, 1.82) is 0 Å². The minimum Gasteiger partial charge on any atom is -0.454 e. The number of piperazine rings is 1. The number of fused-ring (bicyclic) bond motifs is 1. The summed E-state index contributed by atoms with van der Waals surface area (Å²) in [4.78, 5) is 17.3. The average Bonchev–Trinajstić information content (AvgIpc) is 3.62. The maximum absolute atomic E-state index is 12.6. The predicted octanol–water partition coefficient (Wildman–Crippen LogP) is 4.95. The topological polar surface area (TPSA) is 78.9 Å². The van der Waals surface area contributed by atoms with Gasteiger partial charge >= 0.3 is 0 Å². The molecular formula is C31H30N6O2. The maximum Gasteiger partial charge on any atom is 0.241 e. The second kappa shape index (κ2) is 11.4. The molecule has 0 saturated carbocycles. The van der Waals surface area contributed by atoms with E-state index in [0.29, 0.717) is 24.4 Å². The van der Waals surface area contributed by atoms with Gasteiger partial charge in [0.2, 0.25) is 5.91 Å². The zero-order chi connectivity index (χ0) is 26.4. The summed E-state index contributed by atoms with van der Waals surface area (Å²) in [6, 6.07) is 30.2. The van der Waals surface area contributed by atoms with Gasteiger partial charge in [-0.05, 0) is 36.4 Å². The summed E-state index contributed by atoms with van der Waals surface area (Å²) in [6.07, 6.45) is 3.91. The number of amides is 1. The number of hydrogen-bond acceptors (Lipinski definition) is 6. The molecule has 0 bridgehead atoms. The molecule has 0 aliphatic carbocycles. The SMILES string of the molecule is O=C(CCN1CCN(c2ccccc2)CC1)N/N=C\c1cn(-c2ccccc2)nc1-c1cc2ccccc2o1. The Morgan fingerprint density at radius 1 is 0.897 bits per heavy atom. The van der Waals surface area contributed by atoms with Crippen molar-refractivity contribution in [2.24, 2.45) is 5.10 Å². The fourth-order valence-electron chi connectivity index (χ4n) is 4.84. The smallest absolute Gasteiger partial charge is 0.241 e. The van der Waals surface area contributed by atoms with Crippen molar-refractivity contribution < 1.29 is 9.21 Å². The molecular weight excluding hydrogens is 488 g/mol. The van der Waals surface area contributed by atoms with Crippen LogP contribution in [-0.4, -0.2) is 59.5 Å². The third-order valence-electron chi connectivity index (χ3n) is 6.96. The van der Waals surface area contributed by atoms with E-state index < -0.39 is 0 Å². The molecule has 1 aliphatic rings. The first-order valence-electron chi connectivity index (χ1n) is 13.2. The Morgan fingerprint density at radius 3 is 2.33 bits per heavy atom. The van der Waals surface area contributed by atoms with Crippen LogP contribution in [0.5, 0.6) is 0 Å². The molecule has 0 radical (unpaired) electrons. The summed E-state index contributed by atoms with van der Waals surface area (Å²) in [5.41, 5.74) is 7.06. The van der Waals surface area contributed by atoms with Crippen LogP contribution in [0.15, 0.2) is 107 Å². The van der Waals surface area contributed by atoms with Crippen molar-refractivity contribution in [2.45, 2.75) is 6.42 Å². The molecule has 6 rings (SSSR count). The number of hydrogen-bond donors (Lipinski definition) is 1. The van der Waals surface area contributed by atoms with Gasteiger partial charge in [0.15, 0.2) is 5.76 Å².